The van der Waals surface area contributed by atoms with Gasteiger partial charge >= 0.3 is 147 Å². The van der Waals surface area contributed by atoms with Crippen LogP contribution in [0, 0.1) is 6.67 Å². The molecule has 1 fully saturated rings. The van der Waals surface area contributed by atoms with E-state index in [2.05, 4.69) is 136 Å². The number of hydrogen-bond donors (Lipinski definition) is 0. The summed E-state index contributed by atoms with van der Waals surface area (Å²) in [6.07, 6.45) is 2.23. The fourth-order valence-electron chi connectivity index (χ4n) is 7.81. The molecule has 3 aromatic carbocycles. The van der Waals surface area contributed by atoms with Crippen LogP contribution < -0.4 is 19.3 Å². The van der Waals surface area contributed by atoms with Gasteiger partial charge in [-0.05, 0) is 45.9 Å². The van der Waals surface area contributed by atoms with Crippen LogP contribution in [0.3, 0.4) is 0 Å². The summed E-state index contributed by atoms with van der Waals surface area (Å²) in [7, 11) is 15.6. The fourth-order valence-corrected chi connectivity index (χ4v) is 9.57. The van der Waals surface area contributed by atoms with Crippen molar-refractivity contribution in [2.75, 3.05) is 37.1 Å². The molecule has 2 radical (unpaired) electrons. The zero-order chi connectivity index (χ0) is 38.0. The molecule has 1 heterocycles. The molecular weight excluding hydrogens is 760 g/mol. The number of anilines is 2. The standard InChI is InChI=1S/C27H38N2.C17H24O2.2ClH.Ru/c1-18(2)22-11-9-12-23(19(3)4)26(22)28-15-16-29(17-28)27-24(20(5)6)13-10-14-25(27)21(7)8;1-11-10-12(18-6)13-14(15(11)19-7)17(4,5)9-8-16(13,2)3;;;/h9-14,18-21H,15-16H2,1-8H3;1,10H,8-9H2,2-7H3;2*1H;/q;;;;+2/p-2. The average molecular weight is 823 g/mol. The molecule has 0 amide bonds. The molecule has 1 saturated heterocycles. The predicted molar refractivity (Wildman–Crippen MR) is 219 cm³/mol. The Balaban J connectivity index is 0.000000238. The maximum atomic E-state index is 6.10. The van der Waals surface area contributed by atoms with Gasteiger partial charge in [0.1, 0.15) is 0 Å². The number of ether oxygens (including phenoxy) is 2. The third-order valence-electron chi connectivity index (χ3n) is 10.6. The van der Waals surface area contributed by atoms with Crippen molar-refractivity contribution >= 4 is 35.4 Å². The molecule has 5 rings (SSSR count). The summed E-state index contributed by atoms with van der Waals surface area (Å²) in [5.41, 5.74) is 12.0. The Labute approximate surface area is 323 Å². The summed E-state index contributed by atoms with van der Waals surface area (Å²) in [6.45, 7) is 33.2. The Hall–Kier alpha value is -2.07. The summed E-state index contributed by atoms with van der Waals surface area (Å²) in [5, 5.41) is 0. The van der Waals surface area contributed by atoms with Gasteiger partial charge in [-0.3, -0.25) is 0 Å². The van der Waals surface area contributed by atoms with Crippen LogP contribution in [0.5, 0.6) is 11.5 Å². The van der Waals surface area contributed by atoms with E-state index in [9.17, 15) is 0 Å². The molecule has 3 aromatic rings. The second-order valence-electron chi connectivity index (χ2n) is 16.6. The van der Waals surface area contributed by atoms with Gasteiger partial charge in [0.2, 0.25) is 6.67 Å². The molecule has 0 spiro atoms. The van der Waals surface area contributed by atoms with Crippen LogP contribution in [-0.2, 0) is 24.3 Å². The Morgan fingerprint density at radius 1 is 0.667 bits per heavy atom. The van der Waals surface area contributed by atoms with Crippen LogP contribution in [0.4, 0.5) is 11.4 Å². The van der Waals surface area contributed by atoms with Crippen LogP contribution in [0.1, 0.15) is 159 Å². The van der Waals surface area contributed by atoms with E-state index < -0.39 is 13.5 Å². The van der Waals surface area contributed by atoms with Crippen LogP contribution >= 0.6 is 19.4 Å². The van der Waals surface area contributed by atoms with E-state index in [1.807, 2.05) is 10.7 Å². The van der Waals surface area contributed by atoms with Crippen molar-refractivity contribution in [3.05, 3.63) is 88.1 Å². The van der Waals surface area contributed by atoms with E-state index in [1.54, 1.807) is 14.2 Å². The van der Waals surface area contributed by atoms with Crippen molar-refractivity contribution in [1.82, 2.24) is 0 Å². The second-order valence-corrected chi connectivity index (χ2v) is 22.3. The number of halogens is 2. The first-order valence-corrected chi connectivity index (χ1v) is 24.0. The van der Waals surface area contributed by atoms with Crippen molar-refractivity contribution in [2.45, 2.75) is 130 Å². The molecule has 1 aliphatic heterocycles. The Morgan fingerprint density at radius 3 is 1.39 bits per heavy atom. The summed E-state index contributed by atoms with van der Waals surface area (Å²) < 4.78 is 13.4. The first-order valence-electron chi connectivity index (χ1n) is 18.6. The number of hydrogen-bond acceptors (Lipinski definition) is 4. The van der Waals surface area contributed by atoms with Crippen LogP contribution in [0.25, 0.3) is 0 Å². The molecular formula is C44H62Cl2N2O2Ru. The molecule has 1 aliphatic carbocycles. The first kappa shape index (κ1) is 41.7. The fraction of sp³-hybridized carbons (Fsp3) is 0.545. The van der Waals surface area contributed by atoms with E-state index >= 15 is 0 Å². The molecule has 2 aliphatic rings. The second kappa shape index (κ2) is 16.9. The Kier molecular flexibility index (Phi) is 13.9. The Bertz CT molecular complexity index is 1580. The molecule has 0 bridgehead atoms. The van der Waals surface area contributed by atoms with Gasteiger partial charge in [0, 0.05) is 24.5 Å². The van der Waals surface area contributed by atoms with Crippen molar-refractivity contribution in [3.63, 3.8) is 0 Å². The third kappa shape index (κ3) is 9.01. The summed E-state index contributed by atoms with van der Waals surface area (Å²) in [6, 6.07) is 15.6. The number of para-hydroxylation sites is 2. The van der Waals surface area contributed by atoms with E-state index in [0.29, 0.717) is 23.7 Å². The molecule has 0 atom stereocenters. The van der Waals surface area contributed by atoms with Gasteiger partial charge < -0.3 is 9.80 Å². The number of fused-ring (bicyclic) bond motifs is 1. The maximum absolute atomic E-state index is 6.10. The van der Waals surface area contributed by atoms with Gasteiger partial charge in [-0.2, -0.15) is 0 Å². The zero-order valence-corrected chi connectivity index (χ0v) is 36.8. The minimum absolute atomic E-state index is 0.0313. The zero-order valence-electron chi connectivity index (χ0n) is 33.6. The van der Waals surface area contributed by atoms with E-state index in [-0.39, 0.29) is 10.8 Å². The molecule has 0 aromatic heterocycles. The van der Waals surface area contributed by atoms with Crippen LogP contribution in [0.15, 0.2) is 42.5 Å². The molecule has 0 unspecified atom stereocenters. The van der Waals surface area contributed by atoms with E-state index in [1.165, 1.54) is 44.8 Å². The predicted octanol–water partition coefficient (Wildman–Crippen LogP) is 12.6. The molecule has 0 N–H and O–H groups in total. The number of methoxy groups -OCH3 is 2. The van der Waals surface area contributed by atoms with Crippen molar-refractivity contribution in [3.8, 4) is 11.5 Å². The number of nitrogens with zero attached hydrogens (tertiary/aromatic N) is 2. The minimum atomic E-state index is -1.94. The number of benzene rings is 3. The number of rotatable bonds is 9. The topological polar surface area (TPSA) is 24.9 Å². The average Bonchev–Trinajstić information content (AvgIpc) is 3.55. The molecule has 4 nitrogen and oxygen atoms in total. The monoisotopic (exact) mass is 822 g/mol. The molecule has 282 valence electrons. The van der Waals surface area contributed by atoms with Crippen molar-refractivity contribution < 1.29 is 23.0 Å². The quantitative estimate of drug-likeness (QED) is 0.201. The van der Waals surface area contributed by atoms with Gasteiger partial charge in [0.25, 0.3) is 0 Å². The van der Waals surface area contributed by atoms with Crippen LogP contribution in [0.2, 0.25) is 0 Å². The summed E-state index contributed by atoms with van der Waals surface area (Å²) in [5.74, 6) is 3.78. The Morgan fingerprint density at radius 2 is 1.06 bits per heavy atom. The molecule has 7 heteroatoms. The van der Waals surface area contributed by atoms with Gasteiger partial charge in [0.15, 0.2) is 0 Å². The van der Waals surface area contributed by atoms with E-state index in [0.717, 1.165) is 43.0 Å². The van der Waals surface area contributed by atoms with Crippen molar-refractivity contribution in [1.29, 1.82) is 0 Å². The van der Waals surface area contributed by atoms with Crippen LogP contribution in [-0.4, -0.2) is 31.9 Å². The van der Waals surface area contributed by atoms with Crippen molar-refractivity contribution in [2.24, 2.45) is 0 Å². The molecule has 51 heavy (non-hydrogen) atoms. The SMILES string of the molecule is CC(C)c1cccc(C(C)C)c1N1[C]N(c2c(C(C)C)cccc2C(C)C)CC1.COc1cc([CH]=[Ru]([Cl])[Cl])c(OC)c2c1C(C)(C)CCC2(C)C. The van der Waals surface area contributed by atoms with Gasteiger partial charge in [-0.1, -0.05) is 91.8 Å². The normalized spacial score (nSPS) is 16.7. The van der Waals surface area contributed by atoms with Gasteiger partial charge in [-0.25, -0.2) is 0 Å². The summed E-state index contributed by atoms with van der Waals surface area (Å²) in [4.78, 5) is 4.76. The third-order valence-corrected chi connectivity index (χ3v) is 12.5. The van der Waals surface area contributed by atoms with E-state index in [4.69, 9.17) is 28.9 Å². The first-order chi connectivity index (χ1) is 23.9. The van der Waals surface area contributed by atoms with Gasteiger partial charge in [0.05, 0.1) is 0 Å². The summed E-state index contributed by atoms with van der Waals surface area (Å²) >= 11 is -1.94. The molecule has 0 saturated carbocycles. The van der Waals surface area contributed by atoms with Gasteiger partial charge in [-0.15, -0.1) is 0 Å².